The van der Waals surface area contributed by atoms with Crippen LogP contribution < -0.4 is 5.69 Å². The van der Waals surface area contributed by atoms with Crippen molar-refractivity contribution in [2.24, 2.45) is 5.92 Å². The van der Waals surface area contributed by atoms with Gasteiger partial charge in [0.25, 0.3) is 5.91 Å². The first-order valence-electron chi connectivity index (χ1n) is 7.68. The highest BCUT2D eigenvalue weighted by atomic mass is 16.5. The minimum absolute atomic E-state index is 0.0380. The van der Waals surface area contributed by atoms with E-state index in [0.29, 0.717) is 31.0 Å². The molecule has 1 saturated carbocycles. The van der Waals surface area contributed by atoms with Gasteiger partial charge in [-0.1, -0.05) is 12.8 Å². The molecule has 1 aliphatic heterocycles. The predicted octanol–water partition coefficient (Wildman–Crippen LogP) is 0.664. The summed E-state index contributed by atoms with van der Waals surface area (Å²) in [6, 6.07) is 3.55. The van der Waals surface area contributed by atoms with Gasteiger partial charge in [0.1, 0.15) is 0 Å². The van der Waals surface area contributed by atoms with Gasteiger partial charge in [-0.05, 0) is 24.5 Å². The Morgan fingerprint density at radius 2 is 2.27 bits per heavy atom. The third-order valence-corrected chi connectivity index (χ3v) is 4.45. The number of pyridine rings is 1. The summed E-state index contributed by atoms with van der Waals surface area (Å²) in [5.74, 6) is 0.699. The van der Waals surface area contributed by atoms with Gasteiger partial charge in [-0.15, -0.1) is 0 Å². The third kappa shape index (κ3) is 2.41. The number of nitrogens with one attached hydrogen (secondary N) is 1. The van der Waals surface area contributed by atoms with E-state index >= 15 is 0 Å². The number of fused-ring (bicyclic) bond motifs is 1. The van der Waals surface area contributed by atoms with E-state index in [1.165, 1.54) is 17.2 Å². The van der Waals surface area contributed by atoms with Crippen molar-refractivity contribution in [1.82, 2.24) is 19.5 Å². The molecule has 1 atom stereocenters. The summed E-state index contributed by atoms with van der Waals surface area (Å²) in [4.78, 5) is 26.4. The van der Waals surface area contributed by atoms with Crippen molar-refractivity contribution in [2.75, 3.05) is 19.8 Å². The summed E-state index contributed by atoms with van der Waals surface area (Å²) in [6.07, 6.45) is 5.09. The maximum Gasteiger partial charge on any atom is 0.347 e. The fraction of sp³-hybridized carbons (Fsp3) is 0.533. The highest BCUT2D eigenvalue weighted by molar-refractivity contribution is 5.94. The molecule has 1 saturated heterocycles. The fourth-order valence-electron chi connectivity index (χ4n) is 3.05. The van der Waals surface area contributed by atoms with Crippen LogP contribution in [-0.2, 0) is 4.74 Å². The highest BCUT2D eigenvalue weighted by Gasteiger charge is 2.33. The summed E-state index contributed by atoms with van der Waals surface area (Å²) >= 11 is 0. The molecular formula is C15H18N4O3. The Morgan fingerprint density at radius 1 is 1.41 bits per heavy atom. The summed E-state index contributed by atoms with van der Waals surface area (Å²) in [5.41, 5.74) is 0.693. The number of aromatic nitrogens is 3. The molecule has 1 N–H and O–H groups in total. The summed E-state index contributed by atoms with van der Waals surface area (Å²) in [5, 5.41) is 6.25. The van der Waals surface area contributed by atoms with Crippen molar-refractivity contribution < 1.29 is 9.53 Å². The number of nitrogens with zero attached hydrogens (tertiary/aromatic N) is 3. The van der Waals surface area contributed by atoms with Crippen LogP contribution >= 0.6 is 0 Å². The van der Waals surface area contributed by atoms with Gasteiger partial charge in [0.2, 0.25) is 0 Å². The molecule has 4 rings (SSSR count). The molecule has 116 valence electrons. The van der Waals surface area contributed by atoms with Gasteiger partial charge < -0.3 is 9.64 Å². The lowest BCUT2D eigenvalue weighted by atomic mass is 10.1. The molecule has 2 aliphatic rings. The number of amides is 1. The third-order valence-electron chi connectivity index (χ3n) is 4.45. The van der Waals surface area contributed by atoms with Crippen molar-refractivity contribution in [3.05, 3.63) is 34.4 Å². The monoisotopic (exact) mass is 302 g/mol. The largest absolute Gasteiger partial charge is 0.377 e. The maximum atomic E-state index is 12.8. The Bertz CT molecular complexity index is 761. The number of ether oxygens (including phenoxy) is 1. The molecule has 7 heteroatoms. The van der Waals surface area contributed by atoms with Crippen LogP contribution in [0.25, 0.3) is 5.65 Å². The molecule has 0 unspecified atom stereocenters. The molecule has 2 fully saturated rings. The molecule has 0 spiro atoms. The molecule has 0 aromatic carbocycles. The van der Waals surface area contributed by atoms with E-state index in [-0.39, 0.29) is 17.6 Å². The Balaban J connectivity index is 1.62. The Kier molecular flexibility index (Phi) is 3.22. The number of hydrogen-bond acceptors (Lipinski definition) is 4. The summed E-state index contributed by atoms with van der Waals surface area (Å²) in [7, 11) is 0. The molecule has 3 heterocycles. The van der Waals surface area contributed by atoms with Crippen LogP contribution in [0.3, 0.4) is 0 Å². The van der Waals surface area contributed by atoms with Gasteiger partial charge in [-0.25, -0.2) is 14.3 Å². The number of hydrogen-bond donors (Lipinski definition) is 1. The maximum absolute atomic E-state index is 12.8. The first kappa shape index (κ1) is 13.5. The zero-order valence-electron chi connectivity index (χ0n) is 12.2. The van der Waals surface area contributed by atoms with Crippen molar-refractivity contribution in [3.63, 3.8) is 0 Å². The van der Waals surface area contributed by atoms with Crippen molar-refractivity contribution >= 4 is 11.6 Å². The van der Waals surface area contributed by atoms with Gasteiger partial charge in [-0.3, -0.25) is 4.79 Å². The Hall–Kier alpha value is -2.15. The number of morpholine rings is 1. The van der Waals surface area contributed by atoms with Crippen molar-refractivity contribution in [3.8, 4) is 0 Å². The molecule has 1 amide bonds. The second-order valence-corrected chi connectivity index (χ2v) is 6.08. The Morgan fingerprint density at radius 3 is 3.09 bits per heavy atom. The minimum atomic E-state index is -0.332. The fourth-order valence-corrected chi connectivity index (χ4v) is 3.05. The van der Waals surface area contributed by atoms with Gasteiger partial charge in [0.15, 0.2) is 5.65 Å². The molecule has 1 aliphatic carbocycles. The normalized spacial score (nSPS) is 22.2. The first-order chi connectivity index (χ1) is 10.7. The molecule has 22 heavy (non-hydrogen) atoms. The van der Waals surface area contributed by atoms with Gasteiger partial charge in [-0.2, -0.15) is 5.10 Å². The molecular weight excluding hydrogens is 284 g/mol. The average molecular weight is 302 g/mol. The van der Waals surface area contributed by atoms with Crippen LogP contribution in [-0.4, -0.2) is 51.2 Å². The second-order valence-electron chi connectivity index (χ2n) is 6.08. The van der Waals surface area contributed by atoms with E-state index in [1.807, 2.05) is 4.90 Å². The van der Waals surface area contributed by atoms with Gasteiger partial charge in [0.05, 0.1) is 24.8 Å². The zero-order valence-corrected chi connectivity index (χ0v) is 12.2. The van der Waals surface area contributed by atoms with E-state index in [9.17, 15) is 9.59 Å². The number of aromatic amines is 1. The van der Waals surface area contributed by atoms with Gasteiger partial charge in [0, 0.05) is 12.7 Å². The second kappa shape index (κ2) is 5.24. The number of carbonyl (C=O) groups is 1. The molecule has 7 nitrogen and oxygen atoms in total. The summed E-state index contributed by atoms with van der Waals surface area (Å²) < 4.78 is 6.90. The molecule has 0 bridgehead atoms. The Labute approximate surface area is 126 Å². The molecule has 2 aromatic rings. The molecule has 2 aromatic heterocycles. The van der Waals surface area contributed by atoms with Gasteiger partial charge >= 0.3 is 5.69 Å². The number of rotatable bonds is 3. The van der Waals surface area contributed by atoms with Crippen LogP contribution in [0, 0.1) is 5.92 Å². The summed E-state index contributed by atoms with van der Waals surface area (Å²) in [6.45, 7) is 1.78. The lowest BCUT2D eigenvalue weighted by Gasteiger charge is -2.35. The lowest BCUT2D eigenvalue weighted by molar-refractivity contribution is -0.00571. The molecule has 0 radical (unpaired) electrons. The van der Waals surface area contributed by atoms with Crippen LogP contribution in [0.1, 0.15) is 29.6 Å². The number of carbonyl (C=O) groups excluding carboxylic acids is 1. The number of H-pyrrole nitrogens is 1. The predicted molar refractivity (Wildman–Crippen MR) is 78.8 cm³/mol. The first-order valence-corrected chi connectivity index (χ1v) is 7.68. The van der Waals surface area contributed by atoms with E-state index in [2.05, 4.69) is 10.2 Å². The highest BCUT2D eigenvalue weighted by Crippen LogP contribution is 2.35. The lowest BCUT2D eigenvalue weighted by Crippen LogP contribution is -2.49. The quantitative estimate of drug-likeness (QED) is 0.903. The van der Waals surface area contributed by atoms with E-state index < -0.39 is 0 Å². The van der Waals surface area contributed by atoms with E-state index in [0.717, 1.165) is 12.3 Å². The van der Waals surface area contributed by atoms with Crippen molar-refractivity contribution in [1.29, 1.82) is 0 Å². The van der Waals surface area contributed by atoms with Crippen molar-refractivity contribution in [2.45, 2.75) is 25.3 Å². The smallest absolute Gasteiger partial charge is 0.347 e. The van der Waals surface area contributed by atoms with Crippen LogP contribution in [0.4, 0.5) is 0 Å². The standard InChI is InChI=1S/C15H18N4O3/c20-14(11-3-4-13-16-17-15(21)19(13)8-11)18-5-6-22-9-12(18)7-10-1-2-10/h3-4,8,10,12H,1-2,5-7,9H2,(H,17,21)/t12-/m0/s1. The minimum Gasteiger partial charge on any atom is -0.377 e. The van der Waals surface area contributed by atoms with E-state index in [4.69, 9.17) is 4.74 Å². The van der Waals surface area contributed by atoms with Crippen LogP contribution in [0.2, 0.25) is 0 Å². The van der Waals surface area contributed by atoms with Crippen LogP contribution in [0.5, 0.6) is 0 Å². The van der Waals surface area contributed by atoms with E-state index in [1.54, 1.807) is 18.3 Å². The SMILES string of the molecule is O=C(c1ccc2n[nH]c(=O)n2c1)N1CCOC[C@@H]1CC1CC1. The topological polar surface area (TPSA) is 79.7 Å². The van der Waals surface area contributed by atoms with Crippen LogP contribution in [0.15, 0.2) is 23.1 Å². The zero-order chi connectivity index (χ0) is 15.1. The average Bonchev–Trinajstić information content (AvgIpc) is 3.29.